The molecule has 20 heavy (non-hydrogen) atoms. The first-order valence-electron chi connectivity index (χ1n) is 6.33. The standard InChI is InChI=1S/C15H13BrClN3/c1-10(11-3-2-4-12(16)7-11)20-14-5-6-18-9-13(14)19-15(20)8-17/h2-7,9-10H,8H2,1H3. The average molecular weight is 351 g/mol. The van der Waals surface area contributed by atoms with Crippen LogP contribution >= 0.6 is 27.5 Å². The second kappa shape index (κ2) is 5.54. The van der Waals surface area contributed by atoms with Crippen LogP contribution in [0.15, 0.2) is 47.2 Å². The fraction of sp³-hybridized carbons (Fsp3) is 0.200. The highest BCUT2D eigenvalue weighted by molar-refractivity contribution is 9.10. The van der Waals surface area contributed by atoms with Gasteiger partial charge in [0.2, 0.25) is 0 Å². The monoisotopic (exact) mass is 349 g/mol. The molecule has 5 heteroatoms. The van der Waals surface area contributed by atoms with E-state index in [1.54, 1.807) is 12.4 Å². The molecule has 0 spiro atoms. The van der Waals surface area contributed by atoms with E-state index < -0.39 is 0 Å². The van der Waals surface area contributed by atoms with Crippen LogP contribution in [0.4, 0.5) is 0 Å². The minimum Gasteiger partial charge on any atom is -0.320 e. The molecule has 1 unspecified atom stereocenters. The van der Waals surface area contributed by atoms with Gasteiger partial charge < -0.3 is 4.57 Å². The molecule has 2 aromatic heterocycles. The van der Waals surface area contributed by atoms with Crippen molar-refractivity contribution in [1.82, 2.24) is 14.5 Å². The number of pyridine rings is 1. The van der Waals surface area contributed by atoms with Crippen LogP contribution in [-0.4, -0.2) is 14.5 Å². The summed E-state index contributed by atoms with van der Waals surface area (Å²) in [5.74, 6) is 1.25. The molecule has 0 N–H and O–H groups in total. The highest BCUT2D eigenvalue weighted by Crippen LogP contribution is 2.27. The average Bonchev–Trinajstić information content (AvgIpc) is 2.85. The van der Waals surface area contributed by atoms with Crippen LogP contribution in [0.2, 0.25) is 0 Å². The number of aromatic nitrogens is 3. The van der Waals surface area contributed by atoms with Crippen LogP contribution in [0.1, 0.15) is 24.4 Å². The molecular weight excluding hydrogens is 338 g/mol. The second-order valence-corrected chi connectivity index (χ2v) is 5.81. The topological polar surface area (TPSA) is 30.7 Å². The number of benzene rings is 1. The summed E-state index contributed by atoms with van der Waals surface area (Å²) >= 11 is 9.57. The van der Waals surface area contributed by atoms with Gasteiger partial charge in [-0.2, -0.15) is 0 Å². The van der Waals surface area contributed by atoms with Gasteiger partial charge in [0.15, 0.2) is 0 Å². The summed E-state index contributed by atoms with van der Waals surface area (Å²) in [6, 6.07) is 10.4. The van der Waals surface area contributed by atoms with E-state index in [0.717, 1.165) is 21.3 Å². The number of hydrogen-bond donors (Lipinski definition) is 0. The zero-order valence-corrected chi connectivity index (χ0v) is 13.3. The SMILES string of the molecule is CC(c1cccc(Br)c1)n1c(CCl)nc2cnccc21. The van der Waals surface area contributed by atoms with Crippen molar-refractivity contribution in [2.75, 3.05) is 0 Å². The Balaban J connectivity index is 2.17. The van der Waals surface area contributed by atoms with Gasteiger partial charge in [0.25, 0.3) is 0 Å². The summed E-state index contributed by atoms with van der Waals surface area (Å²) in [5, 5.41) is 0. The number of halogens is 2. The van der Waals surface area contributed by atoms with E-state index in [-0.39, 0.29) is 6.04 Å². The first-order valence-corrected chi connectivity index (χ1v) is 7.65. The van der Waals surface area contributed by atoms with Crippen LogP contribution in [-0.2, 0) is 5.88 Å². The first kappa shape index (κ1) is 13.6. The molecule has 0 amide bonds. The molecule has 0 radical (unpaired) electrons. The van der Waals surface area contributed by atoms with E-state index in [9.17, 15) is 0 Å². The summed E-state index contributed by atoms with van der Waals surface area (Å²) in [5.41, 5.74) is 3.15. The third-order valence-corrected chi connectivity index (χ3v) is 4.14. The van der Waals surface area contributed by atoms with Crippen LogP contribution in [0.5, 0.6) is 0 Å². The molecular formula is C15H13BrClN3. The van der Waals surface area contributed by atoms with Crippen molar-refractivity contribution in [3.05, 3.63) is 58.6 Å². The maximum atomic E-state index is 6.05. The summed E-state index contributed by atoms with van der Waals surface area (Å²) in [7, 11) is 0. The molecule has 3 nitrogen and oxygen atoms in total. The number of rotatable bonds is 3. The predicted octanol–water partition coefficient (Wildman–Crippen LogP) is 4.54. The minimum atomic E-state index is 0.161. The van der Waals surface area contributed by atoms with Crippen LogP contribution < -0.4 is 0 Å². The molecule has 0 fully saturated rings. The summed E-state index contributed by atoms with van der Waals surface area (Å²) in [6.07, 6.45) is 3.56. The first-order chi connectivity index (χ1) is 9.70. The molecule has 102 valence electrons. The smallest absolute Gasteiger partial charge is 0.125 e. The van der Waals surface area contributed by atoms with Crippen molar-refractivity contribution in [1.29, 1.82) is 0 Å². The lowest BCUT2D eigenvalue weighted by Gasteiger charge is -2.17. The van der Waals surface area contributed by atoms with Crippen molar-refractivity contribution in [2.45, 2.75) is 18.8 Å². The number of fused-ring (bicyclic) bond motifs is 1. The Hall–Kier alpha value is -1.39. The third-order valence-electron chi connectivity index (χ3n) is 3.40. The van der Waals surface area contributed by atoms with Gasteiger partial charge in [0.1, 0.15) is 11.3 Å². The number of nitrogens with zero attached hydrogens (tertiary/aromatic N) is 3. The molecule has 0 aliphatic rings. The summed E-state index contributed by atoms with van der Waals surface area (Å²) < 4.78 is 3.24. The van der Waals surface area contributed by atoms with Gasteiger partial charge in [0, 0.05) is 10.7 Å². The molecule has 1 aromatic carbocycles. The third kappa shape index (κ3) is 2.34. The number of hydrogen-bond acceptors (Lipinski definition) is 2. The van der Waals surface area contributed by atoms with Gasteiger partial charge in [-0.1, -0.05) is 28.1 Å². The Morgan fingerprint density at radius 3 is 2.95 bits per heavy atom. The summed E-state index contributed by atoms with van der Waals surface area (Å²) in [4.78, 5) is 8.68. The van der Waals surface area contributed by atoms with Crippen molar-refractivity contribution in [2.24, 2.45) is 0 Å². The van der Waals surface area contributed by atoms with Crippen molar-refractivity contribution >= 4 is 38.6 Å². The van der Waals surface area contributed by atoms with Gasteiger partial charge in [-0.25, -0.2) is 4.98 Å². The largest absolute Gasteiger partial charge is 0.320 e. The quantitative estimate of drug-likeness (QED) is 0.649. The lowest BCUT2D eigenvalue weighted by Crippen LogP contribution is -2.09. The molecule has 0 saturated heterocycles. The molecule has 2 heterocycles. The second-order valence-electron chi connectivity index (χ2n) is 4.63. The lowest BCUT2D eigenvalue weighted by atomic mass is 10.1. The highest BCUT2D eigenvalue weighted by Gasteiger charge is 2.16. The molecule has 0 aliphatic heterocycles. The van der Waals surface area contributed by atoms with Crippen molar-refractivity contribution in [3.63, 3.8) is 0 Å². The van der Waals surface area contributed by atoms with E-state index >= 15 is 0 Å². The molecule has 0 saturated carbocycles. The molecule has 0 aliphatic carbocycles. The van der Waals surface area contributed by atoms with Crippen LogP contribution in [0, 0.1) is 0 Å². The van der Waals surface area contributed by atoms with Gasteiger partial charge in [-0.15, -0.1) is 11.6 Å². The van der Waals surface area contributed by atoms with E-state index in [2.05, 4.69) is 49.5 Å². The molecule has 1 atom stereocenters. The van der Waals surface area contributed by atoms with Crippen molar-refractivity contribution in [3.8, 4) is 0 Å². The number of alkyl halides is 1. The molecule has 0 bridgehead atoms. The molecule has 3 aromatic rings. The predicted molar refractivity (Wildman–Crippen MR) is 85.0 cm³/mol. The van der Waals surface area contributed by atoms with Crippen LogP contribution in [0.3, 0.4) is 0 Å². The van der Waals surface area contributed by atoms with Gasteiger partial charge in [-0.05, 0) is 30.7 Å². The lowest BCUT2D eigenvalue weighted by molar-refractivity contribution is 0.633. The normalized spacial score (nSPS) is 12.8. The molecule has 3 rings (SSSR count). The highest BCUT2D eigenvalue weighted by atomic mass is 79.9. The van der Waals surface area contributed by atoms with Crippen molar-refractivity contribution < 1.29 is 0 Å². The van der Waals surface area contributed by atoms with Gasteiger partial charge >= 0.3 is 0 Å². The Kier molecular flexibility index (Phi) is 3.76. The fourth-order valence-corrected chi connectivity index (χ4v) is 3.05. The Morgan fingerprint density at radius 1 is 1.35 bits per heavy atom. The van der Waals surface area contributed by atoms with E-state index in [1.165, 1.54) is 5.56 Å². The minimum absolute atomic E-state index is 0.161. The number of imidazole rings is 1. The zero-order chi connectivity index (χ0) is 14.1. The fourth-order valence-electron chi connectivity index (χ4n) is 2.44. The van der Waals surface area contributed by atoms with Gasteiger partial charge in [0.05, 0.1) is 23.6 Å². The van der Waals surface area contributed by atoms with Gasteiger partial charge in [-0.3, -0.25) is 4.98 Å². The van der Waals surface area contributed by atoms with E-state index in [4.69, 9.17) is 11.6 Å². The maximum Gasteiger partial charge on any atom is 0.125 e. The summed E-state index contributed by atoms with van der Waals surface area (Å²) in [6.45, 7) is 2.15. The van der Waals surface area contributed by atoms with E-state index in [0.29, 0.717) is 5.88 Å². The Bertz CT molecular complexity index is 754. The Labute approximate surface area is 130 Å². The maximum absolute atomic E-state index is 6.05. The van der Waals surface area contributed by atoms with E-state index in [1.807, 2.05) is 18.2 Å². The zero-order valence-electron chi connectivity index (χ0n) is 10.9. The van der Waals surface area contributed by atoms with Crippen LogP contribution in [0.25, 0.3) is 11.0 Å². The Morgan fingerprint density at radius 2 is 2.20 bits per heavy atom.